The molecule has 1 heterocycles. The quantitative estimate of drug-likeness (QED) is 0.450. The normalized spacial score (nSPS) is 15.7. The topological polar surface area (TPSA) is 118 Å². The molecule has 0 spiro atoms. The van der Waals surface area contributed by atoms with E-state index in [1.165, 1.54) is 6.20 Å². The van der Waals surface area contributed by atoms with Gasteiger partial charge in [-0.2, -0.15) is 5.11 Å². The second-order valence-electron chi connectivity index (χ2n) is 7.47. The van der Waals surface area contributed by atoms with Crippen molar-refractivity contribution in [1.82, 2.24) is 9.21 Å². The van der Waals surface area contributed by atoms with E-state index in [-0.39, 0.29) is 18.2 Å². The number of carbonyl (C=O) groups excluding carboxylic acids is 1. The molecule has 0 saturated carbocycles. The van der Waals surface area contributed by atoms with E-state index >= 15 is 0 Å². The number of anilines is 1. The zero-order valence-corrected chi connectivity index (χ0v) is 17.7. The smallest absolute Gasteiger partial charge is 0.410 e. The van der Waals surface area contributed by atoms with Crippen LogP contribution < -0.4 is 5.32 Å². The molecule has 3 N–H and O–H groups in total. The summed E-state index contributed by atoms with van der Waals surface area (Å²) in [5, 5.41) is 14.9. The third kappa shape index (κ3) is 8.12. The van der Waals surface area contributed by atoms with Crippen LogP contribution in [0.4, 0.5) is 10.5 Å². The Labute approximate surface area is 174 Å². The first kappa shape index (κ1) is 22.7. The average molecular weight is 422 g/mol. The van der Waals surface area contributed by atoms with Gasteiger partial charge in [0.1, 0.15) is 5.60 Å². The van der Waals surface area contributed by atoms with Gasteiger partial charge in [-0.3, -0.25) is 4.79 Å². The van der Waals surface area contributed by atoms with Crippen LogP contribution in [0.2, 0.25) is 0 Å². The molecule has 0 unspecified atom stereocenters. The third-order valence-electron chi connectivity index (χ3n) is 3.86. The lowest BCUT2D eigenvalue weighted by Crippen LogP contribution is -2.47. The lowest BCUT2D eigenvalue weighted by atomic mass is 10.2. The summed E-state index contributed by atoms with van der Waals surface area (Å²) >= 11 is 1.62. The Kier molecular flexibility index (Phi) is 8.03. The lowest BCUT2D eigenvalue weighted by Gasteiger charge is -2.34. The number of hydrogen-bond donors (Lipinski definition) is 3. The van der Waals surface area contributed by atoms with E-state index in [1.807, 2.05) is 45.0 Å². The largest absolute Gasteiger partial charge is 0.481 e. The number of carbonyl (C=O) groups is 2. The van der Waals surface area contributed by atoms with E-state index in [0.717, 1.165) is 23.7 Å². The Bertz CT molecular complexity index is 753. The third-order valence-corrected chi connectivity index (χ3v) is 4.97. The van der Waals surface area contributed by atoms with E-state index in [2.05, 4.69) is 14.7 Å². The highest BCUT2D eigenvalue weighted by molar-refractivity contribution is 7.97. The van der Waals surface area contributed by atoms with Crippen LogP contribution in [0.15, 0.2) is 46.2 Å². The van der Waals surface area contributed by atoms with Gasteiger partial charge in [0.25, 0.3) is 0 Å². The number of piperazine rings is 1. The number of nitrogens with zero attached hydrogens (tertiary/aromatic N) is 3. The van der Waals surface area contributed by atoms with Gasteiger partial charge in [-0.15, -0.1) is 0 Å². The van der Waals surface area contributed by atoms with Crippen LogP contribution in [0.1, 0.15) is 27.2 Å². The van der Waals surface area contributed by atoms with Crippen LogP contribution in [0.25, 0.3) is 0 Å². The van der Waals surface area contributed by atoms with Crippen molar-refractivity contribution >= 4 is 29.7 Å². The fraction of sp³-hybridized carbons (Fsp3) is 0.474. The Morgan fingerprint density at radius 1 is 1.24 bits per heavy atom. The molecule has 1 aliphatic heterocycles. The number of rotatable bonds is 7. The average Bonchev–Trinajstić information content (AvgIpc) is 2.65. The van der Waals surface area contributed by atoms with E-state index in [9.17, 15) is 9.59 Å². The molecule has 2 rings (SSSR count). The highest BCUT2D eigenvalue weighted by atomic mass is 32.2. The molecule has 1 aliphatic rings. The molecule has 10 heteroatoms. The molecule has 0 bridgehead atoms. The summed E-state index contributed by atoms with van der Waals surface area (Å²) < 4.78 is 7.61. The zero-order valence-electron chi connectivity index (χ0n) is 16.8. The van der Waals surface area contributed by atoms with Crippen LogP contribution in [0.5, 0.6) is 0 Å². The van der Waals surface area contributed by atoms with Gasteiger partial charge in [-0.05, 0) is 57.0 Å². The number of carboxylic acid groups (broad SMARTS) is 1. The summed E-state index contributed by atoms with van der Waals surface area (Å²) in [6, 6.07) is 7.65. The molecule has 9 nitrogen and oxygen atoms in total. The van der Waals surface area contributed by atoms with Gasteiger partial charge in [0.15, 0.2) is 0 Å². The van der Waals surface area contributed by atoms with Crippen LogP contribution in [-0.4, -0.2) is 58.2 Å². The summed E-state index contributed by atoms with van der Waals surface area (Å²) in [6.45, 7) is 8.32. The fourth-order valence-electron chi connectivity index (χ4n) is 2.49. The van der Waals surface area contributed by atoms with E-state index in [1.54, 1.807) is 16.8 Å². The van der Waals surface area contributed by atoms with Gasteiger partial charge in [0.05, 0.1) is 12.1 Å². The highest BCUT2D eigenvalue weighted by Gasteiger charge is 2.26. The maximum atomic E-state index is 12.1. The minimum absolute atomic E-state index is 0.138. The van der Waals surface area contributed by atoms with E-state index in [0.29, 0.717) is 13.1 Å². The summed E-state index contributed by atoms with van der Waals surface area (Å²) in [5.74, 6) is -1.03. The minimum Gasteiger partial charge on any atom is -0.481 e. The molecule has 0 atom stereocenters. The number of benzene rings is 1. The summed E-state index contributed by atoms with van der Waals surface area (Å²) in [4.78, 5) is 25.6. The lowest BCUT2D eigenvalue weighted by molar-refractivity contribution is -0.136. The summed E-state index contributed by atoms with van der Waals surface area (Å²) in [5.41, 5.74) is 7.41. The number of aliphatic carboxylic acids is 1. The highest BCUT2D eigenvalue weighted by Crippen LogP contribution is 2.26. The number of ether oxygens (including phenoxy) is 1. The van der Waals surface area contributed by atoms with Gasteiger partial charge in [0.2, 0.25) is 0 Å². The fourth-order valence-corrected chi connectivity index (χ4v) is 3.40. The Hall–Kier alpha value is -2.59. The molecule has 1 aromatic carbocycles. The van der Waals surface area contributed by atoms with Gasteiger partial charge < -0.3 is 20.1 Å². The first-order valence-corrected chi connectivity index (χ1v) is 9.99. The van der Waals surface area contributed by atoms with Crippen molar-refractivity contribution in [1.29, 1.82) is 5.53 Å². The molecule has 0 radical (unpaired) electrons. The molecule has 29 heavy (non-hydrogen) atoms. The van der Waals surface area contributed by atoms with Crippen LogP contribution in [0, 0.1) is 5.53 Å². The standard InChI is InChI=1S/C19H27N5O4S/c1-19(2,3)28-18(27)23-8-10-24(11-9-23)29-16-6-4-14(5-7-16)21-13-15(22-20)12-17(25)26/h4-7,13,20-21H,8-12H2,1-3H3,(H,25,26)/b15-13-,22-20?. The monoisotopic (exact) mass is 421 g/mol. The summed E-state index contributed by atoms with van der Waals surface area (Å²) in [7, 11) is 0. The Morgan fingerprint density at radius 3 is 2.38 bits per heavy atom. The Balaban J connectivity index is 1.82. The first-order valence-electron chi connectivity index (χ1n) is 9.22. The van der Waals surface area contributed by atoms with Crippen LogP contribution in [0.3, 0.4) is 0 Å². The van der Waals surface area contributed by atoms with E-state index < -0.39 is 11.6 Å². The van der Waals surface area contributed by atoms with Gasteiger partial charge >= 0.3 is 12.1 Å². The van der Waals surface area contributed by atoms with Crippen molar-refractivity contribution in [2.24, 2.45) is 5.11 Å². The molecular formula is C19H27N5O4S. The molecule has 1 aromatic rings. The molecule has 158 valence electrons. The van der Waals surface area contributed by atoms with Crippen molar-refractivity contribution in [3.05, 3.63) is 36.2 Å². The second-order valence-corrected chi connectivity index (χ2v) is 8.64. The molecule has 0 aromatic heterocycles. The molecule has 0 aliphatic carbocycles. The van der Waals surface area contributed by atoms with Crippen molar-refractivity contribution < 1.29 is 19.4 Å². The predicted molar refractivity (Wildman–Crippen MR) is 111 cm³/mol. The van der Waals surface area contributed by atoms with Gasteiger partial charge in [0, 0.05) is 43.0 Å². The number of carboxylic acids is 1. The molecule has 1 amide bonds. The maximum Gasteiger partial charge on any atom is 0.410 e. The van der Waals surface area contributed by atoms with Gasteiger partial charge in [-0.25, -0.2) is 14.6 Å². The van der Waals surface area contributed by atoms with Crippen molar-refractivity contribution in [2.45, 2.75) is 37.7 Å². The maximum absolute atomic E-state index is 12.1. The zero-order chi connectivity index (χ0) is 21.4. The van der Waals surface area contributed by atoms with Crippen LogP contribution >= 0.6 is 11.9 Å². The van der Waals surface area contributed by atoms with Crippen molar-refractivity contribution in [3.8, 4) is 0 Å². The Morgan fingerprint density at radius 2 is 1.86 bits per heavy atom. The predicted octanol–water partition coefficient (Wildman–Crippen LogP) is 4.01. The van der Waals surface area contributed by atoms with Gasteiger partial charge in [-0.1, -0.05) is 0 Å². The van der Waals surface area contributed by atoms with Crippen LogP contribution in [-0.2, 0) is 9.53 Å². The molecule has 1 fully saturated rings. The number of amides is 1. The first-order chi connectivity index (χ1) is 13.7. The van der Waals surface area contributed by atoms with E-state index in [4.69, 9.17) is 15.4 Å². The van der Waals surface area contributed by atoms with Crippen molar-refractivity contribution in [3.63, 3.8) is 0 Å². The van der Waals surface area contributed by atoms with Crippen molar-refractivity contribution in [2.75, 3.05) is 31.5 Å². The number of nitrogens with one attached hydrogen (secondary N) is 2. The summed E-state index contributed by atoms with van der Waals surface area (Å²) in [6.07, 6.45) is 0.839. The molecular weight excluding hydrogens is 394 g/mol. The SMILES string of the molecule is CC(C)(C)OC(=O)N1CCN(Sc2ccc(N/C=C(/CC(=O)O)N=N)cc2)CC1. The number of hydrogen-bond acceptors (Lipinski definition) is 8. The molecule has 1 saturated heterocycles. The second kappa shape index (κ2) is 10.3. The minimum atomic E-state index is -1.03.